The first-order valence-corrected chi connectivity index (χ1v) is 10.7. The summed E-state index contributed by atoms with van der Waals surface area (Å²) in [5.74, 6) is 0.0578. The van der Waals surface area contributed by atoms with E-state index in [1.54, 1.807) is 0 Å². The van der Waals surface area contributed by atoms with Gasteiger partial charge in [0.05, 0.1) is 12.2 Å². The number of carbonyl (C=O) groups excluding carboxylic acids is 2. The van der Waals surface area contributed by atoms with E-state index in [2.05, 4.69) is 12.2 Å². The summed E-state index contributed by atoms with van der Waals surface area (Å²) in [7, 11) is 0. The van der Waals surface area contributed by atoms with Crippen LogP contribution in [0.5, 0.6) is 0 Å². The Kier molecular flexibility index (Phi) is 5.77. The predicted molar refractivity (Wildman–Crippen MR) is 116 cm³/mol. The van der Waals surface area contributed by atoms with Crippen LogP contribution in [-0.4, -0.2) is 53.5 Å². The molecule has 1 N–H and O–H groups in total. The Balaban J connectivity index is 1.57. The van der Waals surface area contributed by atoms with E-state index in [1.165, 1.54) is 0 Å². The Bertz CT molecular complexity index is 935. The lowest BCUT2D eigenvalue weighted by molar-refractivity contribution is -0.0586. The first kappa shape index (κ1) is 20.4. The fourth-order valence-electron chi connectivity index (χ4n) is 4.42. The summed E-state index contributed by atoms with van der Waals surface area (Å²) in [5.41, 5.74) is 3.18. The number of nitrogens with zero attached hydrogens (tertiary/aromatic N) is 2. The highest BCUT2D eigenvalue weighted by molar-refractivity contribution is 5.99. The fraction of sp³-hybridized carbons (Fsp3) is 0.417. The van der Waals surface area contributed by atoms with Crippen LogP contribution in [0.4, 0.5) is 5.69 Å². The van der Waals surface area contributed by atoms with Gasteiger partial charge in [-0.3, -0.25) is 9.59 Å². The molecule has 2 aliphatic rings. The molecule has 2 amide bonds. The number of morpholine rings is 1. The molecule has 4 rings (SSSR count). The molecule has 0 saturated carbocycles. The molecule has 3 atom stereocenters. The number of hydrogen-bond donors (Lipinski definition) is 1. The average Bonchev–Trinajstić information content (AvgIpc) is 2.99. The molecule has 158 valence electrons. The van der Waals surface area contributed by atoms with Crippen LogP contribution in [0.2, 0.25) is 0 Å². The molecule has 2 heterocycles. The molecule has 0 unspecified atom stereocenters. The minimum absolute atomic E-state index is 0.00830. The SMILES string of the molecule is CCCN1C(=O)c2ccccc2[C@H]1Nc1cccc(C(=O)N2C[C@@H](C)O[C@H](C)C2)c1. The zero-order valence-electron chi connectivity index (χ0n) is 17.8. The Hall–Kier alpha value is -2.86. The number of hydrogen-bond acceptors (Lipinski definition) is 4. The van der Waals surface area contributed by atoms with Gasteiger partial charge in [-0.15, -0.1) is 0 Å². The van der Waals surface area contributed by atoms with Gasteiger partial charge in [0, 0.05) is 42.0 Å². The number of anilines is 1. The van der Waals surface area contributed by atoms with Crippen molar-refractivity contribution in [2.45, 2.75) is 45.6 Å². The molecule has 2 aromatic rings. The van der Waals surface area contributed by atoms with Gasteiger partial charge in [0.15, 0.2) is 0 Å². The van der Waals surface area contributed by atoms with Gasteiger partial charge in [-0.25, -0.2) is 0 Å². The van der Waals surface area contributed by atoms with Crippen LogP contribution in [-0.2, 0) is 4.74 Å². The third kappa shape index (κ3) is 3.92. The van der Waals surface area contributed by atoms with Crippen molar-refractivity contribution < 1.29 is 14.3 Å². The summed E-state index contributed by atoms with van der Waals surface area (Å²) in [5, 5.41) is 3.49. The third-order valence-electron chi connectivity index (χ3n) is 5.64. The molecule has 1 saturated heterocycles. The van der Waals surface area contributed by atoms with Gasteiger partial charge in [-0.1, -0.05) is 31.2 Å². The summed E-state index contributed by atoms with van der Waals surface area (Å²) >= 11 is 0. The minimum Gasteiger partial charge on any atom is -0.372 e. The van der Waals surface area contributed by atoms with E-state index in [1.807, 2.05) is 72.2 Å². The molecule has 2 aromatic carbocycles. The maximum absolute atomic E-state index is 13.1. The van der Waals surface area contributed by atoms with Gasteiger partial charge in [-0.05, 0) is 44.5 Å². The molecular weight excluding hydrogens is 378 g/mol. The lowest BCUT2D eigenvalue weighted by atomic mass is 10.1. The van der Waals surface area contributed by atoms with E-state index in [9.17, 15) is 9.59 Å². The highest BCUT2D eigenvalue weighted by atomic mass is 16.5. The van der Waals surface area contributed by atoms with Crippen LogP contribution in [0, 0.1) is 0 Å². The highest BCUT2D eigenvalue weighted by Crippen LogP contribution is 2.34. The van der Waals surface area contributed by atoms with Gasteiger partial charge in [0.25, 0.3) is 11.8 Å². The maximum Gasteiger partial charge on any atom is 0.256 e. The second kappa shape index (κ2) is 8.48. The van der Waals surface area contributed by atoms with Gasteiger partial charge >= 0.3 is 0 Å². The fourth-order valence-corrected chi connectivity index (χ4v) is 4.42. The molecule has 30 heavy (non-hydrogen) atoms. The number of fused-ring (bicyclic) bond motifs is 1. The second-order valence-electron chi connectivity index (χ2n) is 8.18. The van der Waals surface area contributed by atoms with Crippen LogP contribution in [0.25, 0.3) is 0 Å². The summed E-state index contributed by atoms with van der Waals surface area (Å²) in [6, 6.07) is 15.3. The highest BCUT2D eigenvalue weighted by Gasteiger charge is 2.36. The van der Waals surface area contributed by atoms with Crippen LogP contribution in [0.3, 0.4) is 0 Å². The van der Waals surface area contributed by atoms with E-state index in [0.29, 0.717) is 25.2 Å². The molecule has 0 aromatic heterocycles. The van der Waals surface area contributed by atoms with Crippen LogP contribution < -0.4 is 5.32 Å². The van der Waals surface area contributed by atoms with E-state index >= 15 is 0 Å². The van der Waals surface area contributed by atoms with Crippen LogP contribution in [0.1, 0.15) is 59.6 Å². The number of ether oxygens (including phenoxy) is 1. The topological polar surface area (TPSA) is 61.9 Å². The molecule has 6 nitrogen and oxygen atoms in total. The molecular formula is C24H29N3O3. The first-order valence-electron chi connectivity index (χ1n) is 10.7. The lowest BCUT2D eigenvalue weighted by Crippen LogP contribution is -2.48. The molecule has 0 aliphatic carbocycles. The minimum atomic E-state index is -0.234. The molecule has 6 heteroatoms. The van der Waals surface area contributed by atoms with Crippen molar-refractivity contribution in [1.82, 2.24) is 9.80 Å². The zero-order valence-corrected chi connectivity index (χ0v) is 17.8. The summed E-state index contributed by atoms with van der Waals surface area (Å²) in [6.45, 7) is 7.91. The Morgan fingerprint density at radius 3 is 2.57 bits per heavy atom. The van der Waals surface area contributed by atoms with Crippen LogP contribution >= 0.6 is 0 Å². The smallest absolute Gasteiger partial charge is 0.256 e. The largest absolute Gasteiger partial charge is 0.372 e. The van der Waals surface area contributed by atoms with Crippen molar-refractivity contribution in [2.75, 3.05) is 25.0 Å². The number of amides is 2. The Morgan fingerprint density at radius 1 is 1.10 bits per heavy atom. The predicted octanol–water partition coefficient (Wildman–Crippen LogP) is 3.91. The van der Waals surface area contributed by atoms with Crippen molar-refractivity contribution in [1.29, 1.82) is 0 Å². The van der Waals surface area contributed by atoms with E-state index in [-0.39, 0.29) is 30.2 Å². The van der Waals surface area contributed by atoms with Crippen molar-refractivity contribution in [3.63, 3.8) is 0 Å². The van der Waals surface area contributed by atoms with E-state index in [4.69, 9.17) is 4.74 Å². The quantitative estimate of drug-likeness (QED) is 0.816. The van der Waals surface area contributed by atoms with E-state index < -0.39 is 0 Å². The van der Waals surface area contributed by atoms with Gasteiger partial charge < -0.3 is 19.9 Å². The number of carbonyl (C=O) groups is 2. The molecule has 2 aliphatic heterocycles. The molecule has 0 spiro atoms. The van der Waals surface area contributed by atoms with Crippen LogP contribution in [0.15, 0.2) is 48.5 Å². The monoisotopic (exact) mass is 407 g/mol. The lowest BCUT2D eigenvalue weighted by Gasteiger charge is -2.35. The number of benzene rings is 2. The van der Waals surface area contributed by atoms with Crippen molar-refractivity contribution in [3.8, 4) is 0 Å². The first-order chi connectivity index (χ1) is 14.5. The molecule has 0 radical (unpaired) electrons. The van der Waals surface area contributed by atoms with E-state index in [0.717, 1.165) is 23.2 Å². The van der Waals surface area contributed by atoms with Gasteiger partial charge in [0.1, 0.15) is 6.17 Å². The summed E-state index contributed by atoms with van der Waals surface area (Å²) in [4.78, 5) is 29.6. The summed E-state index contributed by atoms with van der Waals surface area (Å²) in [6.07, 6.45) is 0.705. The van der Waals surface area contributed by atoms with Gasteiger partial charge in [-0.2, -0.15) is 0 Å². The average molecular weight is 408 g/mol. The zero-order chi connectivity index (χ0) is 21.3. The van der Waals surface area contributed by atoms with Crippen molar-refractivity contribution in [2.24, 2.45) is 0 Å². The Morgan fingerprint density at radius 2 is 1.83 bits per heavy atom. The van der Waals surface area contributed by atoms with Gasteiger partial charge in [0.2, 0.25) is 0 Å². The summed E-state index contributed by atoms with van der Waals surface area (Å²) < 4.78 is 5.75. The molecule has 0 bridgehead atoms. The molecule has 1 fully saturated rings. The van der Waals surface area contributed by atoms with Crippen molar-refractivity contribution >= 4 is 17.5 Å². The third-order valence-corrected chi connectivity index (χ3v) is 5.64. The maximum atomic E-state index is 13.1. The Labute approximate surface area is 177 Å². The second-order valence-corrected chi connectivity index (χ2v) is 8.18. The van der Waals surface area contributed by atoms with Crippen molar-refractivity contribution in [3.05, 3.63) is 65.2 Å². The standard InChI is InChI=1S/C24H29N3O3/c1-4-12-27-22(20-10-5-6-11-21(20)24(27)29)25-19-9-7-8-18(13-19)23(28)26-14-16(2)30-17(3)15-26/h5-11,13,16-17,22,25H,4,12,14-15H2,1-3H3/t16-,17-,22+/m1/s1. The number of rotatable bonds is 5. The number of nitrogens with one attached hydrogen (secondary N) is 1. The normalized spacial score (nSPS) is 23.4.